The minimum Gasteiger partial charge on any atom is -0.361 e. The molecule has 1 aromatic heterocycles. The van der Waals surface area contributed by atoms with Gasteiger partial charge in [-0.3, -0.25) is 9.63 Å². The number of likely N-dealkylation sites (N-methyl/N-ethyl adjacent to an activating group) is 1. The van der Waals surface area contributed by atoms with Gasteiger partial charge in [-0.15, -0.1) is 0 Å². The number of amides is 1. The van der Waals surface area contributed by atoms with Gasteiger partial charge in [0.25, 0.3) is 5.91 Å². The van der Waals surface area contributed by atoms with Gasteiger partial charge in [0.2, 0.25) is 5.95 Å². The van der Waals surface area contributed by atoms with Gasteiger partial charge in [-0.1, -0.05) is 0 Å². The number of nitrogens with one attached hydrogen (secondary N) is 1. The van der Waals surface area contributed by atoms with E-state index in [1.807, 2.05) is 22.6 Å². The van der Waals surface area contributed by atoms with Crippen molar-refractivity contribution in [1.82, 2.24) is 10.0 Å². The van der Waals surface area contributed by atoms with Crippen molar-refractivity contribution >= 4 is 34.3 Å². The van der Waals surface area contributed by atoms with Gasteiger partial charge in [0, 0.05) is 16.7 Å². The van der Waals surface area contributed by atoms with Crippen LogP contribution in [0.3, 0.4) is 0 Å². The normalized spacial score (nSPS) is 10.0. The van der Waals surface area contributed by atoms with Gasteiger partial charge in [-0.25, -0.2) is 10.0 Å². The Morgan fingerprint density at radius 3 is 2.94 bits per heavy atom. The highest BCUT2D eigenvalue weighted by molar-refractivity contribution is 14.1. The van der Waals surface area contributed by atoms with Crippen molar-refractivity contribution in [1.29, 1.82) is 0 Å². The molecule has 7 heteroatoms. The van der Waals surface area contributed by atoms with Gasteiger partial charge in [0.15, 0.2) is 0 Å². The summed E-state index contributed by atoms with van der Waals surface area (Å²) < 4.78 is 13.6. The first-order valence-corrected chi connectivity index (χ1v) is 5.48. The van der Waals surface area contributed by atoms with Gasteiger partial charge >= 0.3 is 0 Å². The Morgan fingerprint density at radius 1 is 1.69 bits per heavy atom. The third-order valence-electron chi connectivity index (χ3n) is 1.80. The summed E-state index contributed by atoms with van der Waals surface area (Å²) in [7, 11) is 2.88. The quantitative estimate of drug-likeness (QED) is 0.510. The number of nitrogens with zero attached hydrogens (tertiary/aromatic N) is 2. The maximum Gasteiger partial charge on any atom is 0.265 e. The van der Waals surface area contributed by atoms with Crippen molar-refractivity contribution in [2.45, 2.75) is 0 Å². The molecule has 0 aromatic carbocycles. The molecule has 0 radical (unpaired) electrons. The molecule has 0 aliphatic rings. The zero-order valence-electron chi connectivity index (χ0n) is 8.83. The van der Waals surface area contributed by atoms with Gasteiger partial charge in [-0.05, 0) is 28.7 Å². The molecule has 1 rings (SSSR count). The van der Waals surface area contributed by atoms with E-state index in [-0.39, 0.29) is 12.5 Å². The molecule has 88 valence electrons. The van der Waals surface area contributed by atoms with E-state index < -0.39 is 5.95 Å². The number of pyridine rings is 1. The van der Waals surface area contributed by atoms with Crippen LogP contribution >= 0.6 is 22.6 Å². The van der Waals surface area contributed by atoms with E-state index >= 15 is 0 Å². The topological polar surface area (TPSA) is 54.5 Å². The molecule has 1 aromatic rings. The third-order valence-corrected chi connectivity index (χ3v) is 2.43. The fourth-order valence-corrected chi connectivity index (χ4v) is 1.49. The summed E-state index contributed by atoms with van der Waals surface area (Å²) in [6.45, 7) is -0.00310. The number of hydroxylamine groups is 2. The lowest BCUT2D eigenvalue weighted by Crippen LogP contribution is -2.31. The molecule has 1 heterocycles. The molecule has 0 aliphatic heterocycles. The summed E-state index contributed by atoms with van der Waals surface area (Å²) in [5.74, 6) is -0.534. The second-order valence-corrected chi connectivity index (χ2v) is 4.17. The average Bonchev–Trinajstić information content (AvgIpc) is 2.23. The van der Waals surface area contributed by atoms with E-state index in [1.54, 1.807) is 6.07 Å². The standard InChI is InChI=1S/C9H11FIN3O2/c1-14(16-2)9(15)5-12-8-4-6(11)3-7(10)13-8/h3-4H,5H2,1-2H3,(H,12,13). The van der Waals surface area contributed by atoms with Gasteiger partial charge < -0.3 is 5.32 Å². The Balaban J connectivity index is 2.58. The number of hydrogen-bond donors (Lipinski definition) is 1. The first-order valence-electron chi connectivity index (χ1n) is 4.40. The number of aromatic nitrogens is 1. The number of halogens is 2. The van der Waals surface area contributed by atoms with Crippen LogP contribution in [-0.2, 0) is 9.63 Å². The summed E-state index contributed by atoms with van der Waals surface area (Å²) in [6.07, 6.45) is 0. The van der Waals surface area contributed by atoms with Crippen LogP contribution < -0.4 is 5.32 Å². The molecule has 0 saturated heterocycles. The Labute approximate surface area is 106 Å². The fourth-order valence-electron chi connectivity index (χ4n) is 0.936. The molecule has 0 fully saturated rings. The summed E-state index contributed by atoms with van der Waals surface area (Å²) in [4.78, 5) is 19.6. The molecule has 0 saturated carbocycles. The zero-order chi connectivity index (χ0) is 12.1. The molecular formula is C9H11FIN3O2. The van der Waals surface area contributed by atoms with Crippen LogP contribution in [0.15, 0.2) is 12.1 Å². The van der Waals surface area contributed by atoms with E-state index in [4.69, 9.17) is 4.84 Å². The van der Waals surface area contributed by atoms with Crippen molar-refractivity contribution < 1.29 is 14.0 Å². The number of hydrogen-bond acceptors (Lipinski definition) is 4. The van der Waals surface area contributed by atoms with Gasteiger partial charge in [0.05, 0.1) is 13.7 Å². The number of anilines is 1. The van der Waals surface area contributed by atoms with Crippen LogP contribution in [0.2, 0.25) is 0 Å². The Morgan fingerprint density at radius 2 is 2.38 bits per heavy atom. The number of carbonyl (C=O) groups is 1. The van der Waals surface area contributed by atoms with E-state index in [0.29, 0.717) is 9.39 Å². The molecule has 0 spiro atoms. The molecule has 16 heavy (non-hydrogen) atoms. The van der Waals surface area contributed by atoms with Crippen LogP contribution in [-0.4, -0.2) is 36.7 Å². The van der Waals surface area contributed by atoms with Crippen LogP contribution in [0.5, 0.6) is 0 Å². The minimum absolute atomic E-state index is 0.00310. The van der Waals surface area contributed by atoms with Crippen LogP contribution in [0.1, 0.15) is 0 Å². The third kappa shape index (κ3) is 3.89. The highest BCUT2D eigenvalue weighted by atomic mass is 127. The lowest BCUT2D eigenvalue weighted by atomic mass is 10.4. The lowest BCUT2D eigenvalue weighted by molar-refractivity contribution is -0.166. The van der Waals surface area contributed by atoms with Crippen molar-refractivity contribution in [2.24, 2.45) is 0 Å². The highest BCUT2D eigenvalue weighted by Crippen LogP contribution is 2.11. The number of rotatable bonds is 4. The Bertz CT molecular complexity index is 369. The van der Waals surface area contributed by atoms with Crippen molar-refractivity contribution in [2.75, 3.05) is 26.0 Å². The van der Waals surface area contributed by atoms with Crippen LogP contribution in [0.4, 0.5) is 10.2 Å². The van der Waals surface area contributed by atoms with E-state index in [0.717, 1.165) is 5.06 Å². The highest BCUT2D eigenvalue weighted by Gasteiger charge is 2.08. The smallest absolute Gasteiger partial charge is 0.265 e. The number of carbonyl (C=O) groups excluding carboxylic acids is 1. The average molecular weight is 339 g/mol. The second-order valence-electron chi connectivity index (χ2n) is 2.92. The maximum absolute atomic E-state index is 12.9. The molecule has 5 nitrogen and oxygen atoms in total. The van der Waals surface area contributed by atoms with Gasteiger partial charge in [0.1, 0.15) is 5.82 Å². The molecule has 0 unspecified atom stereocenters. The van der Waals surface area contributed by atoms with Crippen LogP contribution in [0, 0.1) is 9.52 Å². The van der Waals surface area contributed by atoms with Crippen LogP contribution in [0.25, 0.3) is 0 Å². The molecule has 0 bridgehead atoms. The van der Waals surface area contributed by atoms with Crippen molar-refractivity contribution in [3.63, 3.8) is 0 Å². The van der Waals surface area contributed by atoms with E-state index in [1.165, 1.54) is 20.2 Å². The lowest BCUT2D eigenvalue weighted by Gasteiger charge is -2.14. The first-order chi connectivity index (χ1) is 7.52. The molecular weight excluding hydrogens is 328 g/mol. The zero-order valence-corrected chi connectivity index (χ0v) is 11.0. The largest absolute Gasteiger partial charge is 0.361 e. The maximum atomic E-state index is 12.9. The molecule has 1 amide bonds. The Hall–Kier alpha value is -0.960. The monoisotopic (exact) mass is 339 g/mol. The summed E-state index contributed by atoms with van der Waals surface area (Å²) in [5, 5.41) is 3.79. The second kappa shape index (κ2) is 5.94. The predicted molar refractivity (Wildman–Crippen MR) is 65.2 cm³/mol. The van der Waals surface area contributed by atoms with Crippen molar-refractivity contribution in [3.05, 3.63) is 21.7 Å². The summed E-state index contributed by atoms with van der Waals surface area (Å²) in [5.41, 5.74) is 0. The first kappa shape index (κ1) is 13.1. The summed E-state index contributed by atoms with van der Waals surface area (Å²) >= 11 is 1.97. The van der Waals surface area contributed by atoms with E-state index in [2.05, 4.69) is 10.3 Å². The molecule has 0 aliphatic carbocycles. The van der Waals surface area contributed by atoms with E-state index in [9.17, 15) is 9.18 Å². The predicted octanol–water partition coefficient (Wildman–Crippen LogP) is 1.26. The molecule has 0 atom stereocenters. The Kier molecular flexibility index (Phi) is 4.87. The minimum atomic E-state index is -0.582. The fraction of sp³-hybridized carbons (Fsp3) is 0.333. The van der Waals surface area contributed by atoms with Gasteiger partial charge in [-0.2, -0.15) is 4.39 Å². The SMILES string of the molecule is CON(C)C(=O)CNc1cc(I)cc(F)n1. The van der Waals surface area contributed by atoms with Crippen molar-refractivity contribution in [3.8, 4) is 0 Å². The molecule has 1 N–H and O–H groups in total. The summed E-state index contributed by atoms with van der Waals surface area (Å²) in [6, 6.07) is 2.94.